The van der Waals surface area contributed by atoms with E-state index in [-0.39, 0.29) is 0 Å². The van der Waals surface area contributed by atoms with Gasteiger partial charge in [-0.05, 0) is 30.3 Å². The minimum absolute atomic E-state index is 0.302. The number of nitrogens with one attached hydrogen (secondary N) is 1. The van der Waals surface area contributed by atoms with Crippen molar-refractivity contribution in [1.29, 1.82) is 0 Å². The zero-order valence-corrected chi connectivity index (χ0v) is 13.0. The van der Waals surface area contributed by atoms with Crippen molar-refractivity contribution in [1.82, 2.24) is 5.32 Å². The Morgan fingerprint density at radius 1 is 1.19 bits per heavy atom. The lowest BCUT2D eigenvalue weighted by Gasteiger charge is -2.29. The maximum atomic E-state index is 6.52. The number of fused-ring (bicyclic) bond motifs is 1. The summed E-state index contributed by atoms with van der Waals surface area (Å²) in [5.74, 6) is 2.23. The predicted octanol–water partition coefficient (Wildman–Crippen LogP) is 4.24. The average Bonchev–Trinajstić information content (AvgIpc) is 3.06. The van der Waals surface area contributed by atoms with Crippen LogP contribution < -0.4 is 10.1 Å². The van der Waals surface area contributed by atoms with E-state index in [1.54, 1.807) is 0 Å². The first-order valence-electron chi connectivity index (χ1n) is 8.14. The lowest BCUT2D eigenvalue weighted by atomic mass is 9.89. The van der Waals surface area contributed by atoms with Crippen LogP contribution in [0, 0.1) is 11.8 Å². The summed E-state index contributed by atoms with van der Waals surface area (Å²) in [5.41, 5.74) is 0. The van der Waals surface area contributed by atoms with Gasteiger partial charge in [0.25, 0.3) is 0 Å². The van der Waals surface area contributed by atoms with Gasteiger partial charge in [-0.15, -0.1) is 0 Å². The Bertz CT molecular complexity index is 584. The SMILES string of the molecule is CCC(C)[C@H](Oc1cccc2ccccc12)[C@H]1CCNC1. The number of ether oxygens (including phenoxy) is 1. The Morgan fingerprint density at radius 2 is 2.00 bits per heavy atom. The third-order valence-corrected chi connectivity index (χ3v) is 4.78. The van der Waals surface area contributed by atoms with E-state index < -0.39 is 0 Å². The highest BCUT2D eigenvalue weighted by Crippen LogP contribution is 2.31. The summed E-state index contributed by atoms with van der Waals surface area (Å²) in [7, 11) is 0. The fourth-order valence-electron chi connectivity index (χ4n) is 3.31. The quantitative estimate of drug-likeness (QED) is 0.886. The molecule has 3 rings (SSSR count). The summed E-state index contributed by atoms with van der Waals surface area (Å²) in [5, 5.41) is 5.95. The number of hydrogen-bond acceptors (Lipinski definition) is 2. The molecule has 2 nitrogen and oxygen atoms in total. The minimum atomic E-state index is 0.302. The minimum Gasteiger partial charge on any atom is -0.489 e. The van der Waals surface area contributed by atoms with E-state index in [0.717, 1.165) is 25.3 Å². The Labute approximate surface area is 127 Å². The molecule has 3 atom stereocenters. The van der Waals surface area contributed by atoms with Gasteiger partial charge in [-0.25, -0.2) is 0 Å². The van der Waals surface area contributed by atoms with Crippen LogP contribution in [0.5, 0.6) is 5.75 Å². The van der Waals surface area contributed by atoms with Crippen molar-refractivity contribution < 1.29 is 4.74 Å². The van der Waals surface area contributed by atoms with E-state index in [1.165, 1.54) is 17.2 Å². The second-order valence-corrected chi connectivity index (χ2v) is 6.20. The Balaban J connectivity index is 1.90. The van der Waals surface area contributed by atoms with Gasteiger partial charge in [-0.3, -0.25) is 0 Å². The molecule has 1 aliphatic heterocycles. The summed E-state index contributed by atoms with van der Waals surface area (Å²) in [6.45, 7) is 6.77. The molecular weight excluding hydrogens is 258 g/mol. The predicted molar refractivity (Wildman–Crippen MR) is 88.8 cm³/mol. The molecule has 0 saturated carbocycles. The van der Waals surface area contributed by atoms with Crippen LogP contribution in [0.15, 0.2) is 42.5 Å². The van der Waals surface area contributed by atoms with Crippen LogP contribution in [-0.2, 0) is 0 Å². The van der Waals surface area contributed by atoms with E-state index in [0.29, 0.717) is 17.9 Å². The monoisotopic (exact) mass is 283 g/mol. The maximum absolute atomic E-state index is 6.52. The zero-order chi connectivity index (χ0) is 14.7. The molecule has 2 aromatic rings. The molecule has 1 unspecified atom stereocenters. The van der Waals surface area contributed by atoms with Gasteiger partial charge in [0.05, 0.1) is 0 Å². The largest absolute Gasteiger partial charge is 0.489 e. The second-order valence-electron chi connectivity index (χ2n) is 6.20. The van der Waals surface area contributed by atoms with E-state index in [4.69, 9.17) is 4.74 Å². The lowest BCUT2D eigenvalue weighted by molar-refractivity contribution is 0.0893. The number of rotatable bonds is 5. The Morgan fingerprint density at radius 3 is 2.76 bits per heavy atom. The van der Waals surface area contributed by atoms with Gasteiger partial charge in [0.15, 0.2) is 0 Å². The summed E-state index contributed by atoms with van der Waals surface area (Å²) >= 11 is 0. The molecule has 1 saturated heterocycles. The molecule has 0 aromatic heterocycles. The molecular formula is C19H25NO. The molecule has 2 heteroatoms. The average molecular weight is 283 g/mol. The summed E-state index contributed by atoms with van der Waals surface area (Å²) in [6, 6.07) is 14.8. The third-order valence-electron chi connectivity index (χ3n) is 4.78. The topological polar surface area (TPSA) is 21.3 Å². The van der Waals surface area contributed by atoms with Gasteiger partial charge in [0.1, 0.15) is 11.9 Å². The van der Waals surface area contributed by atoms with Crippen LogP contribution in [0.2, 0.25) is 0 Å². The normalized spacial score (nSPS) is 21.3. The molecule has 0 bridgehead atoms. The van der Waals surface area contributed by atoms with E-state index in [2.05, 4.69) is 61.6 Å². The van der Waals surface area contributed by atoms with Crippen molar-refractivity contribution >= 4 is 10.8 Å². The van der Waals surface area contributed by atoms with Crippen molar-refractivity contribution in [2.24, 2.45) is 11.8 Å². The lowest BCUT2D eigenvalue weighted by Crippen LogP contribution is -2.34. The zero-order valence-electron chi connectivity index (χ0n) is 13.0. The van der Waals surface area contributed by atoms with Crippen LogP contribution in [-0.4, -0.2) is 19.2 Å². The van der Waals surface area contributed by atoms with Gasteiger partial charge >= 0.3 is 0 Å². The molecule has 112 valence electrons. The highest BCUT2D eigenvalue weighted by atomic mass is 16.5. The molecule has 2 aromatic carbocycles. The van der Waals surface area contributed by atoms with Gasteiger partial charge in [-0.1, -0.05) is 56.7 Å². The summed E-state index contributed by atoms with van der Waals surface area (Å²) < 4.78 is 6.52. The smallest absolute Gasteiger partial charge is 0.127 e. The fraction of sp³-hybridized carbons (Fsp3) is 0.474. The standard InChI is InChI=1S/C19H25NO/c1-3-14(2)19(16-11-12-20-13-16)21-18-10-6-8-15-7-4-5-9-17(15)18/h4-10,14,16,19-20H,3,11-13H2,1-2H3/t14?,16-,19-/m0/s1. The van der Waals surface area contributed by atoms with Crippen LogP contribution in [0.25, 0.3) is 10.8 Å². The molecule has 0 spiro atoms. The maximum Gasteiger partial charge on any atom is 0.127 e. The highest BCUT2D eigenvalue weighted by Gasteiger charge is 2.30. The Hall–Kier alpha value is -1.54. The van der Waals surface area contributed by atoms with E-state index in [9.17, 15) is 0 Å². The molecule has 21 heavy (non-hydrogen) atoms. The van der Waals surface area contributed by atoms with Crippen molar-refractivity contribution in [2.45, 2.75) is 32.8 Å². The molecule has 1 N–H and O–H groups in total. The van der Waals surface area contributed by atoms with Gasteiger partial charge in [0, 0.05) is 17.8 Å². The summed E-state index contributed by atoms with van der Waals surface area (Å²) in [6.07, 6.45) is 2.68. The molecule has 1 heterocycles. The molecule has 0 radical (unpaired) electrons. The molecule has 1 fully saturated rings. The van der Waals surface area contributed by atoms with Crippen LogP contribution in [0.4, 0.5) is 0 Å². The highest BCUT2D eigenvalue weighted by molar-refractivity contribution is 5.88. The van der Waals surface area contributed by atoms with Crippen molar-refractivity contribution in [3.05, 3.63) is 42.5 Å². The number of hydrogen-bond donors (Lipinski definition) is 1. The third kappa shape index (κ3) is 3.06. The summed E-state index contributed by atoms with van der Waals surface area (Å²) in [4.78, 5) is 0. The van der Waals surface area contributed by atoms with Crippen molar-refractivity contribution in [2.75, 3.05) is 13.1 Å². The molecule has 1 aliphatic rings. The first kappa shape index (κ1) is 14.4. The van der Waals surface area contributed by atoms with Gasteiger partial charge < -0.3 is 10.1 Å². The molecule has 0 amide bonds. The van der Waals surface area contributed by atoms with Gasteiger partial charge in [0.2, 0.25) is 0 Å². The fourth-order valence-corrected chi connectivity index (χ4v) is 3.31. The second kappa shape index (κ2) is 6.48. The first-order valence-corrected chi connectivity index (χ1v) is 8.14. The first-order chi connectivity index (χ1) is 10.3. The van der Waals surface area contributed by atoms with Crippen LogP contribution >= 0.6 is 0 Å². The van der Waals surface area contributed by atoms with Crippen LogP contribution in [0.3, 0.4) is 0 Å². The van der Waals surface area contributed by atoms with E-state index >= 15 is 0 Å². The molecule has 0 aliphatic carbocycles. The van der Waals surface area contributed by atoms with Crippen molar-refractivity contribution in [3.8, 4) is 5.75 Å². The van der Waals surface area contributed by atoms with Gasteiger partial charge in [-0.2, -0.15) is 0 Å². The van der Waals surface area contributed by atoms with E-state index in [1.807, 2.05) is 0 Å². The van der Waals surface area contributed by atoms with Crippen LogP contribution in [0.1, 0.15) is 26.7 Å². The number of benzene rings is 2. The van der Waals surface area contributed by atoms with Crippen molar-refractivity contribution in [3.63, 3.8) is 0 Å². The Kier molecular flexibility index (Phi) is 4.45.